The molecule has 0 heterocycles. The summed E-state index contributed by atoms with van der Waals surface area (Å²) in [5.74, 6) is -1.68. The molecule has 5 rings (SSSR count). The van der Waals surface area contributed by atoms with Crippen molar-refractivity contribution in [3.63, 3.8) is 0 Å². The second-order valence-corrected chi connectivity index (χ2v) is 8.62. The average molecular weight is 461 g/mol. The smallest absolute Gasteiger partial charge is 0.175 e. The van der Waals surface area contributed by atoms with Gasteiger partial charge in [0.15, 0.2) is 17.3 Å². The summed E-state index contributed by atoms with van der Waals surface area (Å²) in [5.41, 5.74) is 2.05. The van der Waals surface area contributed by atoms with E-state index in [9.17, 15) is 20.1 Å². The molecule has 5 aromatic rings. The van der Waals surface area contributed by atoms with Crippen LogP contribution >= 0.6 is 0 Å². The molecule has 4 nitrogen and oxygen atoms in total. The van der Waals surface area contributed by atoms with Gasteiger partial charge in [0.2, 0.25) is 0 Å². The molecule has 0 aliphatic rings. The highest BCUT2D eigenvalue weighted by atomic mass is 16.3. The summed E-state index contributed by atoms with van der Waals surface area (Å²) in [6.07, 6.45) is 1.55. The van der Waals surface area contributed by atoms with Gasteiger partial charge in [0.05, 0.1) is 11.7 Å². The van der Waals surface area contributed by atoms with E-state index in [-0.39, 0.29) is 23.0 Å². The molecule has 0 saturated carbocycles. The summed E-state index contributed by atoms with van der Waals surface area (Å²) < 4.78 is 0. The molecule has 0 saturated heterocycles. The van der Waals surface area contributed by atoms with Gasteiger partial charge in [-0.1, -0.05) is 91.0 Å². The van der Waals surface area contributed by atoms with Crippen molar-refractivity contribution in [1.29, 1.82) is 0 Å². The van der Waals surface area contributed by atoms with E-state index in [4.69, 9.17) is 0 Å². The lowest BCUT2D eigenvalue weighted by Crippen LogP contribution is -2.17. The minimum atomic E-state index is -0.911. The fourth-order valence-corrected chi connectivity index (χ4v) is 4.80. The number of aliphatic hydroxyl groups is 1. The Morgan fingerprint density at radius 1 is 0.771 bits per heavy atom. The predicted octanol–water partition coefficient (Wildman–Crippen LogP) is 7.34. The summed E-state index contributed by atoms with van der Waals surface area (Å²) in [6.45, 7) is 1.55. The number of allylic oxidation sites excluding steroid dienone is 1. The van der Waals surface area contributed by atoms with Crippen molar-refractivity contribution in [2.75, 3.05) is 0 Å². The first-order valence-corrected chi connectivity index (χ1v) is 11.4. The van der Waals surface area contributed by atoms with Crippen molar-refractivity contribution in [1.82, 2.24) is 0 Å². The Morgan fingerprint density at radius 3 is 2.17 bits per heavy atom. The van der Waals surface area contributed by atoms with Crippen LogP contribution in [0.3, 0.4) is 0 Å². The molecule has 0 bridgehead atoms. The first-order chi connectivity index (χ1) is 17.0. The number of hydrogen-bond donors (Lipinski definition) is 3. The van der Waals surface area contributed by atoms with Gasteiger partial charge < -0.3 is 15.3 Å². The lowest BCUT2D eigenvalue weighted by Gasteiger charge is -2.23. The number of aromatic hydroxyl groups is 2. The zero-order valence-corrected chi connectivity index (χ0v) is 19.1. The summed E-state index contributed by atoms with van der Waals surface area (Å²) in [7, 11) is 0. The molecule has 1 unspecified atom stereocenters. The third-order valence-corrected chi connectivity index (χ3v) is 6.32. The highest BCUT2D eigenvalue weighted by Crippen LogP contribution is 2.45. The van der Waals surface area contributed by atoms with E-state index in [2.05, 4.69) is 0 Å². The van der Waals surface area contributed by atoms with E-state index in [1.807, 2.05) is 66.7 Å². The number of phenolic OH excluding ortho intramolecular Hbond substituents is 2. The highest BCUT2D eigenvalue weighted by molar-refractivity contribution is 6.10. The summed E-state index contributed by atoms with van der Waals surface area (Å²) in [5, 5.41) is 35.0. The fraction of sp³-hybridized carbons (Fsp3) is 0.0645. The van der Waals surface area contributed by atoms with Crippen molar-refractivity contribution in [2.45, 2.75) is 12.8 Å². The lowest BCUT2D eigenvalue weighted by molar-refractivity contribution is 0.0973. The number of carbonyl (C=O) groups is 1. The second-order valence-electron chi connectivity index (χ2n) is 8.62. The summed E-state index contributed by atoms with van der Waals surface area (Å²) in [6, 6.07) is 29.5. The number of benzene rings is 5. The van der Waals surface area contributed by atoms with Gasteiger partial charge in [-0.25, -0.2) is 0 Å². The molecule has 1 atom stereocenters. The van der Waals surface area contributed by atoms with Crippen LogP contribution in [0.15, 0.2) is 103 Å². The number of carbonyl (C=O) groups excluding carboxylic acids is 1. The van der Waals surface area contributed by atoms with Gasteiger partial charge in [-0.05, 0) is 51.7 Å². The van der Waals surface area contributed by atoms with Crippen LogP contribution in [-0.2, 0) is 0 Å². The largest absolute Gasteiger partial charge is 0.513 e. The molecule has 0 fully saturated rings. The molecule has 0 radical (unpaired) electrons. The molecule has 0 spiro atoms. The number of rotatable bonds is 5. The van der Waals surface area contributed by atoms with E-state index in [0.717, 1.165) is 21.7 Å². The van der Waals surface area contributed by atoms with Crippen LogP contribution in [0.5, 0.6) is 11.5 Å². The molecule has 3 N–H and O–H groups in total. The van der Waals surface area contributed by atoms with Crippen molar-refractivity contribution in [3.05, 3.63) is 125 Å². The Balaban J connectivity index is 1.87. The Morgan fingerprint density at radius 2 is 1.40 bits per heavy atom. The van der Waals surface area contributed by atoms with Gasteiger partial charge in [-0.2, -0.15) is 0 Å². The van der Waals surface area contributed by atoms with Crippen molar-refractivity contribution in [2.24, 2.45) is 0 Å². The zero-order chi connectivity index (χ0) is 24.5. The minimum absolute atomic E-state index is 0.0811. The third kappa shape index (κ3) is 4.00. The topological polar surface area (TPSA) is 77.8 Å². The van der Waals surface area contributed by atoms with E-state index in [1.54, 1.807) is 37.3 Å². The summed E-state index contributed by atoms with van der Waals surface area (Å²) >= 11 is 0. The number of Topliss-reactive ketones (excluding diaryl/α,β-unsaturated/α-hetero) is 1. The molecule has 4 heteroatoms. The van der Waals surface area contributed by atoms with Gasteiger partial charge in [0, 0.05) is 11.1 Å². The second kappa shape index (κ2) is 8.99. The normalized spacial score (nSPS) is 12.7. The van der Waals surface area contributed by atoms with Gasteiger partial charge in [-0.15, -0.1) is 0 Å². The fourth-order valence-electron chi connectivity index (χ4n) is 4.80. The molecular weight excluding hydrogens is 436 g/mol. The minimum Gasteiger partial charge on any atom is -0.513 e. The third-order valence-electron chi connectivity index (χ3n) is 6.32. The van der Waals surface area contributed by atoms with Crippen LogP contribution in [0.25, 0.3) is 27.6 Å². The van der Waals surface area contributed by atoms with E-state index in [0.29, 0.717) is 22.1 Å². The molecule has 172 valence electrons. The molecule has 0 amide bonds. The average Bonchev–Trinajstić information content (AvgIpc) is 2.86. The number of phenols is 2. The maximum Gasteiger partial charge on any atom is 0.175 e. The first kappa shape index (κ1) is 22.2. The van der Waals surface area contributed by atoms with Gasteiger partial charge in [0.1, 0.15) is 0 Å². The van der Waals surface area contributed by atoms with Crippen LogP contribution in [0, 0.1) is 0 Å². The van der Waals surface area contributed by atoms with Crippen LogP contribution in [0.4, 0.5) is 0 Å². The Kier molecular flexibility index (Phi) is 5.71. The molecule has 5 aromatic carbocycles. The van der Waals surface area contributed by atoms with Crippen LogP contribution < -0.4 is 0 Å². The van der Waals surface area contributed by atoms with Crippen molar-refractivity contribution >= 4 is 33.4 Å². The molecule has 0 aliphatic carbocycles. The van der Waals surface area contributed by atoms with Crippen LogP contribution in [0.1, 0.15) is 39.9 Å². The van der Waals surface area contributed by atoms with Gasteiger partial charge >= 0.3 is 0 Å². The standard InChI is InChI=1S/C31H24O4/c1-19(32)17-21-10-4-7-15-25(21)30(34)29(26-16-8-12-20-9-2-5-13-23(20)26)28-24-14-6-3-11-22(24)18-27(33)31(28)35/h2-18,29,32-33,35H,1H3/b19-17+. The maximum atomic E-state index is 14.4. The number of aliphatic hydroxyl groups excluding tert-OH is 1. The molecule has 0 aromatic heterocycles. The number of hydrogen-bond acceptors (Lipinski definition) is 4. The van der Waals surface area contributed by atoms with Gasteiger partial charge in [0.25, 0.3) is 0 Å². The summed E-state index contributed by atoms with van der Waals surface area (Å²) in [4.78, 5) is 14.4. The van der Waals surface area contributed by atoms with Crippen molar-refractivity contribution in [3.8, 4) is 11.5 Å². The predicted molar refractivity (Wildman–Crippen MR) is 140 cm³/mol. The Hall–Kier alpha value is -4.57. The maximum absolute atomic E-state index is 14.4. The highest BCUT2D eigenvalue weighted by Gasteiger charge is 2.32. The molecular formula is C31H24O4. The number of fused-ring (bicyclic) bond motifs is 2. The lowest BCUT2D eigenvalue weighted by atomic mass is 9.79. The molecule has 35 heavy (non-hydrogen) atoms. The van der Waals surface area contributed by atoms with Crippen LogP contribution in [-0.4, -0.2) is 21.1 Å². The monoisotopic (exact) mass is 460 g/mol. The van der Waals surface area contributed by atoms with E-state index < -0.39 is 5.92 Å². The quantitative estimate of drug-likeness (QED) is 0.146. The SMILES string of the molecule is C/C(O)=C\c1ccccc1C(=O)C(c1cccc2ccccc12)c1c(O)c(O)cc2ccccc12. The first-order valence-electron chi connectivity index (χ1n) is 11.4. The Labute approximate surface area is 203 Å². The molecule has 0 aliphatic heterocycles. The van der Waals surface area contributed by atoms with Crippen molar-refractivity contribution < 1.29 is 20.1 Å². The zero-order valence-electron chi connectivity index (χ0n) is 19.1. The Bertz CT molecular complexity index is 1600. The van der Waals surface area contributed by atoms with Crippen LogP contribution in [0.2, 0.25) is 0 Å². The number of ketones is 1. The van der Waals surface area contributed by atoms with E-state index in [1.165, 1.54) is 6.07 Å². The van der Waals surface area contributed by atoms with E-state index >= 15 is 0 Å². The van der Waals surface area contributed by atoms with Gasteiger partial charge in [-0.3, -0.25) is 4.79 Å².